The molecule has 0 rings (SSSR count). The highest BCUT2D eigenvalue weighted by Crippen LogP contribution is 2.07. The maximum atomic E-state index is 11.5. The first-order valence-electron chi connectivity index (χ1n) is 5.21. The minimum absolute atomic E-state index is 0.0681. The molecular formula is C10H20N2O4. The molecule has 4 N–H and O–H groups in total. The zero-order chi connectivity index (χ0) is 12.7. The summed E-state index contributed by atoms with van der Waals surface area (Å²) in [4.78, 5) is 22.4. The van der Waals surface area contributed by atoms with E-state index in [1.165, 1.54) is 7.11 Å². The summed E-state index contributed by atoms with van der Waals surface area (Å²) in [6.45, 7) is 3.70. The fourth-order valence-corrected chi connectivity index (χ4v) is 1.20. The first kappa shape index (κ1) is 14.9. The molecule has 6 nitrogen and oxygen atoms in total. The summed E-state index contributed by atoms with van der Waals surface area (Å²) in [6.07, 6.45) is 0.663. The van der Waals surface area contributed by atoms with E-state index in [9.17, 15) is 9.59 Å². The van der Waals surface area contributed by atoms with Crippen molar-refractivity contribution in [1.29, 1.82) is 0 Å². The number of carbonyl (C=O) groups is 2. The Morgan fingerprint density at radius 3 is 2.44 bits per heavy atom. The molecule has 0 aliphatic carbocycles. The van der Waals surface area contributed by atoms with Crippen LogP contribution in [0.1, 0.15) is 20.3 Å². The van der Waals surface area contributed by atoms with E-state index in [0.29, 0.717) is 6.42 Å². The number of carboxylic acids is 1. The average molecular weight is 232 g/mol. The smallest absolute Gasteiger partial charge is 0.326 e. The van der Waals surface area contributed by atoms with Crippen molar-refractivity contribution in [1.82, 2.24) is 5.32 Å². The molecular weight excluding hydrogens is 212 g/mol. The molecule has 0 spiro atoms. The van der Waals surface area contributed by atoms with E-state index in [2.05, 4.69) is 5.32 Å². The third-order valence-electron chi connectivity index (χ3n) is 2.46. The van der Waals surface area contributed by atoms with E-state index in [1.54, 1.807) is 6.92 Å². The van der Waals surface area contributed by atoms with Crippen LogP contribution in [-0.4, -0.2) is 42.8 Å². The van der Waals surface area contributed by atoms with Gasteiger partial charge in [0.05, 0.1) is 6.61 Å². The average Bonchev–Trinajstić information content (AvgIpc) is 2.24. The summed E-state index contributed by atoms with van der Waals surface area (Å²) < 4.78 is 4.72. The zero-order valence-corrected chi connectivity index (χ0v) is 9.90. The van der Waals surface area contributed by atoms with Crippen molar-refractivity contribution in [2.75, 3.05) is 13.7 Å². The van der Waals surface area contributed by atoms with Gasteiger partial charge >= 0.3 is 5.97 Å². The molecule has 0 aromatic rings. The van der Waals surface area contributed by atoms with E-state index in [1.807, 2.05) is 6.92 Å². The molecule has 0 saturated carbocycles. The molecule has 0 aliphatic heterocycles. The van der Waals surface area contributed by atoms with Gasteiger partial charge in [0, 0.05) is 7.11 Å². The Balaban J connectivity index is 4.40. The SMILES string of the molecule is CC[C@H](C)[C@H](NC(=O)C(N)COC)C(=O)O. The van der Waals surface area contributed by atoms with Gasteiger partial charge in [-0.05, 0) is 5.92 Å². The maximum Gasteiger partial charge on any atom is 0.326 e. The Bertz CT molecular complexity index is 245. The normalized spacial score (nSPS) is 16.2. The van der Waals surface area contributed by atoms with E-state index in [0.717, 1.165) is 0 Å². The Labute approximate surface area is 95.1 Å². The van der Waals surface area contributed by atoms with E-state index < -0.39 is 24.0 Å². The second-order valence-electron chi connectivity index (χ2n) is 3.77. The molecule has 0 bridgehead atoms. The third-order valence-corrected chi connectivity index (χ3v) is 2.46. The first-order chi connectivity index (χ1) is 7.43. The summed E-state index contributed by atoms with van der Waals surface area (Å²) in [5.74, 6) is -1.70. The molecule has 1 unspecified atom stereocenters. The summed E-state index contributed by atoms with van der Waals surface area (Å²) >= 11 is 0. The highest BCUT2D eigenvalue weighted by Gasteiger charge is 2.27. The van der Waals surface area contributed by atoms with Crippen molar-refractivity contribution in [3.63, 3.8) is 0 Å². The van der Waals surface area contributed by atoms with Crippen molar-refractivity contribution < 1.29 is 19.4 Å². The van der Waals surface area contributed by atoms with E-state index in [-0.39, 0.29) is 12.5 Å². The van der Waals surface area contributed by atoms with Gasteiger partial charge in [0.25, 0.3) is 0 Å². The number of hydrogen-bond acceptors (Lipinski definition) is 4. The Morgan fingerprint density at radius 1 is 1.50 bits per heavy atom. The minimum atomic E-state index is -1.05. The lowest BCUT2D eigenvalue weighted by molar-refractivity contribution is -0.143. The van der Waals surface area contributed by atoms with Crippen molar-refractivity contribution in [2.45, 2.75) is 32.4 Å². The van der Waals surface area contributed by atoms with Crippen LogP contribution in [0.5, 0.6) is 0 Å². The predicted octanol–water partition coefficient (Wildman–Crippen LogP) is -0.424. The van der Waals surface area contributed by atoms with Crippen molar-refractivity contribution >= 4 is 11.9 Å². The molecule has 94 valence electrons. The molecule has 0 fully saturated rings. The largest absolute Gasteiger partial charge is 0.480 e. The standard InChI is InChI=1S/C10H20N2O4/c1-4-6(2)8(10(14)15)12-9(13)7(11)5-16-3/h6-8H,4-5,11H2,1-3H3,(H,12,13)(H,14,15)/t6-,7?,8-/m0/s1. The molecule has 0 radical (unpaired) electrons. The van der Waals surface area contributed by atoms with Gasteiger partial charge in [0.1, 0.15) is 12.1 Å². The summed E-state index contributed by atoms with van der Waals surface area (Å²) in [6, 6.07) is -1.74. The number of carboxylic acid groups (broad SMARTS) is 1. The highest BCUT2D eigenvalue weighted by atomic mass is 16.5. The van der Waals surface area contributed by atoms with E-state index in [4.69, 9.17) is 15.6 Å². The van der Waals surface area contributed by atoms with Crippen LogP contribution in [0.3, 0.4) is 0 Å². The molecule has 0 aromatic carbocycles. The van der Waals surface area contributed by atoms with Gasteiger partial charge in [-0.15, -0.1) is 0 Å². The van der Waals surface area contributed by atoms with Crippen LogP contribution in [0.2, 0.25) is 0 Å². The number of aliphatic carboxylic acids is 1. The lowest BCUT2D eigenvalue weighted by Crippen LogP contribution is -2.52. The Hall–Kier alpha value is -1.14. The van der Waals surface area contributed by atoms with Crippen molar-refractivity contribution in [3.8, 4) is 0 Å². The summed E-state index contributed by atoms with van der Waals surface area (Å²) in [5.41, 5.74) is 5.49. The van der Waals surface area contributed by atoms with Crippen LogP contribution in [0.15, 0.2) is 0 Å². The van der Waals surface area contributed by atoms with Crippen molar-refractivity contribution in [3.05, 3.63) is 0 Å². The quantitative estimate of drug-likeness (QED) is 0.553. The highest BCUT2D eigenvalue weighted by molar-refractivity contribution is 5.87. The molecule has 0 aliphatic rings. The van der Waals surface area contributed by atoms with Crippen LogP contribution >= 0.6 is 0 Å². The zero-order valence-electron chi connectivity index (χ0n) is 9.90. The van der Waals surface area contributed by atoms with Gasteiger partial charge in [-0.1, -0.05) is 20.3 Å². The van der Waals surface area contributed by atoms with Crippen LogP contribution < -0.4 is 11.1 Å². The number of methoxy groups -OCH3 is 1. The number of hydrogen-bond donors (Lipinski definition) is 3. The minimum Gasteiger partial charge on any atom is -0.480 e. The second-order valence-corrected chi connectivity index (χ2v) is 3.77. The number of amides is 1. The maximum absolute atomic E-state index is 11.5. The number of rotatable bonds is 7. The van der Waals surface area contributed by atoms with Gasteiger partial charge in [0.15, 0.2) is 0 Å². The van der Waals surface area contributed by atoms with Gasteiger partial charge < -0.3 is 20.9 Å². The van der Waals surface area contributed by atoms with Crippen LogP contribution in [-0.2, 0) is 14.3 Å². The second kappa shape index (κ2) is 7.19. The molecule has 6 heteroatoms. The fraction of sp³-hybridized carbons (Fsp3) is 0.800. The molecule has 0 saturated heterocycles. The number of carbonyl (C=O) groups excluding carboxylic acids is 1. The van der Waals surface area contributed by atoms with Gasteiger partial charge in [-0.3, -0.25) is 4.79 Å². The van der Waals surface area contributed by atoms with E-state index >= 15 is 0 Å². The number of nitrogens with one attached hydrogen (secondary N) is 1. The number of ether oxygens (including phenoxy) is 1. The summed E-state index contributed by atoms with van der Waals surface area (Å²) in [7, 11) is 1.43. The van der Waals surface area contributed by atoms with Gasteiger partial charge in [-0.2, -0.15) is 0 Å². The lowest BCUT2D eigenvalue weighted by atomic mass is 9.99. The van der Waals surface area contributed by atoms with Gasteiger partial charge in [0.2, 0.25) is 5.91 Å². The molecule has 1 amide bonds. The lowest BCUT2D eigenvalue weighted by Gasteiger charge is -2.21. The molecule has 0 heterocycles. The molecule has 3 atom stereocenters. The monoisotopic (exact) mass is 232 g/mol. The molecule has 16 heavy (non-hydrogen) atoms. The van der Waals surface area contributed by atoms with Crippen LogP contribution in [0.4, 0.5) is 0 Å². The topological polar surface area (TPSA) is 102 Å². The Morgan fingerprint density at radius 2 is 2.06 bits per heavy atom. The first-order valence-corrected chi connectivity index (χ1v) is 5.21. The predicted molar refractivity (Wildman–Crippen MR) is 58.9 cm³/mol. The van der Waals surface area contributed by atoms with Gasteiger partial charge in [-0.25, -0.2) is 4.79 Å². The van der Waals surface area contributed by atoms with Crippen LogP contribution in [0.25, 0.3) is 0 Å². The summed E-state index contributed by atoms with van der Waals surface area (Å²) in [5, 5.41) is 11.4. The van der Waals surface area contributed by atoms with Crippen LogP contribution in [0, 0.1) is 5.92 Å². The fourth-order valence-electron chi connectivity index (χ4n) is 1.20. The van der Waals surface area contributed by atoms with Crippen molar-refractivity contribution in [2.24, 2.45) is 11.7 Å². The molecule has 0 aromatic heterocycles. The Kier molecular flexibility index (Phi) is 6.67. The number of nitrogens with two attached hydrogens (primary N) is 1. The third kappa shape index (κ3) is 4.59.